The predicted molar refractivity (Wildman–Crippen MR) is 117 cm³/mol. The van der Waals surface area contributed by atoms with E-state index in [4.69, 9.17) is 12.2 Å². The zero-order valence-corrected chi connectivity index (χ0v) is 17.8. The summed E-state index contributed by atoms with van der Waals surface area (Å²) in [4.78, 5) is 17.6. The Morgan fingerprint density at radius 1 is 1.22 bits per heavy atom. The lowest BCUT2D eigenvalue weighted by atomic mass is 9.99. The van der Waals surface area contributed by atoms with Crippen LogP contribution in [0.5, 0.6) is 0 Å². The number of hydrazine groups is 1. The Bertz CT molecular complexity index is 746. The molecular formula is C20H28N4OS2. The first-order valence-corrected chi connectivity index (χ1v) is 10.6. The Labute approximate surface area is 171 Å². The fourth-order valence-corrected chi connectivity index (χ4v) is 3.81. The van der Waals surface area contributed by atoms with Crippen molar-refractivity contribution >= 4 is 34.6 Å². The summed E-state index contributed by atoms with van der Waals surface area (Å²) in [7, 11) is 0. The van der Waals surface area contributed by atoms with Crippen molar-refractivity contribution in [2.24, 2.45) is 5.92 Å². The van der Waals surface area contributed by atoms with Crippen LogP contribution in [0.2, 0.25) is 0 Å². The maximum atomic E-state index is 12.5. The highest BCUT2D eigenvalue weighted by atomic mass is 32.1. The van der Waals surface area contributed by atoms with Gasteiger partial charge in [0.1, 0.15) is 9.88 Å². The molecule has 2 rings (SSSR count). The molecule has 0 aliphatic carbocycles. The number of hydrogen-bond acceptors (Lipinski definition) is 4. The topological polar surface area (TPSA) is 66.0 Å². The Balaban J connectivity index is 1.85. The molecule has 5 nitrogen and oxygen atoms in total. The molecule has 0 fully saturated rings. The molecule has 0 spiro atoms. The molecule has 2 aromatic rings. The molecule has 1 amide bonds. The number of benzene rings is 1. The number of aromatic nitrogens is 1. The van der Waals surface area contributed by atoms with Crippen molar-refractivity contribution < 1.29 is 4.79 Å². The SMILES string of the molecule is CCCC[C@H](CC)CNC(=S)NNC(=O)c1sc(-c2ccccc2)nc1C. The summed E-state index contributed by atoms with van der Waals surface area (Å²) in [5, 5.41) is 4.46. The Morgan fingerprint density at radius 3 is 2.63 bits per heavy atom. The van der Waals surface area contributed by atoms with Crippen molar-refractivity contribution in [1.82, 2.24) is 21.2 Å². The number of unbranched alkanes of at least 4 members (excludes halogenated alkanes) is 1. The molecule has 0 radical (unpaired) electrons. The van der Waals surface area contributed by atoms with Crippen molar-refractivity contribution in [2.75, 3.05) is 6.54 Å². The van der Waals surface area contributed by atoms with Crippen LogP contribution in [0.25, 0.3) is 10.6 Å². The largest absolute Gasteiger partial charge is 0.361 e. The number of carbonyl (C=O) groups is 1. The van der Waals surface area contributed by atoms with E-state index in [2.05, 4.69) is 35.0 Å². The number of rotatable bonds is 8. The van der Waals surface area contributed by atoms with Gasteiger partial charge >= 0.3 is 0 Å². The first-order chi connectivity index (χ1) is 13.0. The molecule has 0 aliphatic heterocycles. The summed E-state index contributed by atoms with van der Waals surface area (Å²) >= 11 is 6.64. The number of amides is 1. The number of nitrogens with zero attached hydrogens (tertiary/aromatic N) is 1. The highest BCUT2D eigenvalue weighted by Gasteiger charge is 2.16. The van der Waals surface area contributed by atoms with Gasteiger partial charge in [0.05, 0.1) is 5.69 Å². The molecule has 0 saturated carbocycles. The monoisotopic (exact) mass is 404 g/mol. The van der Waals surface area contributed by atoms with Crippen LogP contribution in [0.4, 0.5) is 0 Å². The molecule has 1 heterocycles. The number of aryl methyl sites for hydroxylation is 1. The number of nitrogens with one attached hydrogen (secondary N) is 3. The summed E-state index contributed by atoms with van der Waals surface area (Å²) < 4.78 is 0. The lowest BCUT2D eigenvalue weighted by Gasteiger charge is -2.17. The van der Waals surface area contributed by atoms with Gasteiger partial charge in [-0.1, -0.05) is 63.4 Å². The summed E-state index contributed by atoms with van der Waals surface area (Å²) in [6.07, 6.45) is 4.74. The lowest BCUT2D eigenvalue weighted by molar-refractivity contribution is 0.0947. The maximum absolute atomic E-state index is 12.5. The van der Waals surface area contributed by atoms with Gasteiger partial charge < -0.3 is 5.32 Å². The van der Waals surface area contributed by atoms with Gasteiger partial charge in [-0.2, -0.15) is 0 Å². The van der Waals surface area contributed by atoms with Crippen molar-refractivity contribution in [3.05, 3.63) is 40.9 Å². The standard InChI is InChI=1S/C20H28N4OS2/c1-4-6-10-15(5-2)13-21-20(26)24-23-18(25)17-14(3)22-19(27-17)16-11-8-7-9-12-16/h7-9,11-12,15H,4-6,10,13H2,1-3H3,(H,23,25)(H2,21,24,26)/t15-/m0/s1. The lowest BCUT2D eigenvalue weighted by Crippen LogP contribution is -2.47. The highest BCUT2D eigenvalue weighted by molar-refractivity contribution is 7.80. The van der Waals surface area contributed by atoms with Gasteiger partial charge in [-0.25, -0.2) is 4.98 Å². The van der Waals surface area contributed by atoms with Crippen LogP contribution in [0, 0.1) is 12.8 Å². The quantitative estimate of drug-likeness (QED) is 0.448. The third kappa shape index (κ3) is 6.59. The third-order valence-corrected chi connectivity index (χ3v) is 5.86. The molecule has 0 unspecified atom stereocenters. The van der Waals surface area contributed by atoms with E-state index in [0.29, 0.717) is 21.6 Å². The van der Waals surface area contributed by atoms with Gasteiger partial charge in [0.25, 0.3) is 5.91 Å². The molecular weight excluding hydrogens is 376 g/mol. The van der Waals surface area contributed by atoms with Gasteiger partial charge in [-0.15, -0.1) is 11.3 Å². The van der Waals surface area contributed by atoms with Crippen LogP contribution < -0.4 is 16.2 Å². The van der Waals surface area contributed by atoms with Crippen molar-refractivity contribution in [3.8, 4) is 10.6 Å². The van der Waals surface area contributed by atoms with E-state index >= 15 is 0 Å². The van der Waals surface area contributed by atoms with Gasteiger partial charge in [-0.05, 0) is 31.5 Å². The minimum absolute atomic E-state index is 0.227. The fourth-order valence-electron chi connectivity index (χ4n) is 2.71. The van der Waals surface area contributed by atoms with Crippen LogP contribution in [-0.4, -0.2) is 22.5 Å². The molecule has 3 N–H and O–H groups in total. The second-order valence-corrected chi connectivity index (χ2v) is 7.91. The molecule has 1 atom stereocenters. The first kappa shape index (κ1) is 21.3. The highest BCUT2D eigenvalue weighted by Crippen LogP contribution is 2.27. The zero-order valence-electron chi connectivity index (χ0n) is 16.2. The summed E-state index contributed by atoms with van der Waals surface area (Å²) in [6, 6.07) is 9.85. The molecule has 27 heavy (non-hydrogen) atoms. The van der Waals surface area contributed by atoms with E-state index in [-0.39, 0.29) is 5.91 Å². The van der Waals surface area contributed by atoms with E-state index in [1.165, 1.54) is 30.6 Å². The number of carbonyl (C=O) groups excluding carboxylic acids is 1. The van der Waals surface area contributed by atoms with Crippen molar-refractivity contribution in [1.29, 1.82) is 0 Å². The van der Waals surface area contributed by atoms with Gasteiger partial charge in [-0.3, -0.25) is 15.6 Å². The second kappa shape index (κ2) is 11.0. The predicted octanol–water partition coefficient (Wildman–Crippen LogP) is 4.44. The molecule has 0 bridgehead atoms. The molecule has 0 saturated heterocycles. The average Bonchev–Trinajstić information content (AvgIpc) is 3.08. The Kier molecular flexibility index (Phi) is 8.67. The van der Waals surface area contributed by atoms with Crippen LogP contribution >= 0.6 is 23.6 Å². The van der Waals surface area contributed by atoms with Crippen LogP contribution in [0.15, 0.2) is 30.3 Å². The Morgan fingerprint density at radius 2 is 1.96 bits per heavy atom. The van der Waals surface area contributed by atoms with Gasteiger partial charge in [0.15, 0.2) is 5.11 Å². The third-order valence-electron chi connectivity index (χ3n) is 4.41. The van der Waals surface area contributed by atoms with Crippen molar-refractivity contribution in [3.63, 3.8) is 0 Å². The van der Waals surface area contributed by atoms with Crippen molar-refractivity contribution in [2.45, 2.75) is 46.5 Å². The maximum Gasteiger partial charge on any atom is 0.281 e. The minimum Gasteiger partial charge on any atom is -0.361 e. The number of hydrogen-bond donors (Lipinski definition) is 3. The van der Waals surface area contributed by atoms with E-state index in [0.717, 1.165) is 23.5 Å². The minimum atomic E-state index is -0.227. The summed E-state index contributed by atoms with van der Waals surface area (Å²) in [6.45, 7) is 7.05. The van der Waals surface area contributed by atoms with E-state index in [9.17, 15) is 4.79 Å². The first-order valence-electron chi connectivity index (χ1n) is 9.42. The summed E-state index contributed by atoms with van der Waals surface area (Å²) in [5.74, 6) is 0.368. The normalized spacial score (nSPS) is 11.7. The fraction of sp³-hybridized carbons (Fsp3) is 0.450. The number of thiocarbonyl (C=S) groups is 1. The summed E-state index contributed by atoms with van der Waals surface area (Å²) in [5.41, 5.74) is 7.18. The van der Waals surface area contributed by atoms with E-state index < -0.39 is 0 Å². The Hall–Kier alpha value is -1.99. The second-order valence-electron chi connectivity index (χ2n) is 6.51. The van der Waals surface area contributed by atoms with Crippen LogP contribution in [0.3, 0.4) is 0 Å². The average molecular weight is 405 g/mol. The molecule has 1 aromatic heterocycles. The van der Waals surface area contributed by atoms with Crippen LogP contribution in [0.1, 0.15) is 54.9 Å². The molecule has 146 valence electrons. The molecule has 0 aliphatic rings. The zero-order chi connectivity index (χ0) is 19.6. The van der Waals surface area contributed by atoms with Gasteiger partial charge in [0.2, 0.25) is 0 Å². The smallest absolute Gasteiger partial charge is 0.281 e. The van der Waals surface area contributed by atoms with E-state index in [1.54, 1.807) is 0 Å². The molecule has 7 heteroatoms. The number of thiazole rings is 1. The van der Waals surface area contributed by atoms with E-state index in [1.807, 2.05) is 37.3 Å². The van der Waals surface area contributed by atoms with Gasteiger partial charge in [0, 0.05) is 12.1 Å². The molecule has 1 aromatic carbocycles. The van der Waals surface area contributed by atoms with Crippen LogP contribution in [-0.2, 0) is 0 Å².